The molecule has 1 saturated heterocycles. The van der Waals surface area contributed by atoms with Gasteiger partial charge in [-0.3, -0.25) is 14.9 Å². The fraction of sp³-hybridized carbons (Fsp3) is 0.308. The Labute approximate surface area is 114 Å². The van der Waals surface area contributed by atoms with Crippen molar-refractivity contribution in [1.82, 2.24) is 15.5 Å². The van der Waals surface area contributed by atoms with Crippen LogP contribution in [0.25, 0.3) is 0 Å². The van der Waals surface area contributed by atoms with Gasteiger partial charge in [-0.15, -0.1) is 0 Å². The number of benzene rings is 1. The number of fused-ring (bicyclic) bond motifs is 1. The van der Waals surface area contributed by atoms with E-state index in [1.807, 2.05) is 0 Å². The van der Waals surface area contributed by atoms with Gasteiger partial charge in [-0.25, -0.2) is 4.79 Å². The summed E-state index contributed by atoms with van der Waals surface area (Å²) < 4.78 is 0. The summed E-state index contributed by atoms with van der Waals surface area (Å²) in [6.07, 6.45) is 0. The van der Waals surface area contributed by atoms with Crippen molar-refractivity contribution in [3.05, 3.63) is 29.3 Å². The van der Waals surface area contributed by atoms with Gasteiger partial charge in [0.2, 0.25) is 0 Å². The van der Waals surface area contributed by atoms with Crippen molar-refractivity contribution < 1.29 is 19.5 Å². The molecule has 1 fully saturated rings. The summed E-state index contributed by atoms with van der Waals surface area (Å²) in [5.41, 5.74) is 0.0936. The van der Waals surface area contributed by atoms with E-state index in [2.05, 4.69) is 10.6 Å². The molecule has 1 aromatic rings. The summed E-state index contributed by atoms with van der Waals surface area (Å²) in [6.45, 7) is 1.96. The molecule has 1 unspecified atom stereocenters. The lowest BCUT2D eigenvalue weighted by Gasteiger charge is -2.26. The number of nitrogens with one attached hydrogen (secondary N) is 2. The number of carbonyl (C=O) groups is 3. The minimum absolute atomic E-state index is 0.0822. The average molecular weight is 275 g/mol. The van der Waals surface area contributed by atoms with Gasteiger partial charge in [0.25, 0.3) is 11.8 Å². The minimum Gasteiger partial charge on any atom is -0.508 e. The molecular formula is C13H13N3O4. The summed E-state index contributed by atoms with van der Waals surface area (Å²) in [6, 6.07) is 3.98. The van der Waals surface area contributed by atoms with Crippen molar-refractivity contribution in [1.29, 1.82) is 0 Å². The first-order valence-corrected chi connectivity index (χ1v) is 6.14. The number of hydrogen-bond donors (Lipinski definition) is 3. The number of amides is 4. The van der Waals surface area contributed by atoms with Crippen LogP contribution in [0.3, 0.4) is 0 Å². The topological polar surface area (TPSA) is 98.7 Å². The third-order valence-corrected chi connectivity index (χ3v) is 3.59. The lowest BCUT2D eigenvalue weighted by Crippen LogP contribution is -2.52. The maximum absolute atomic E-state index is 12.2. The molecule has 0 aromatic heterocycles. The Balaban J connectivity index is 1.83. The third-order valence-electron chi connectivity index (χ3n) is 3.59. The Hall–Kier alpha value is -2.57. The van der Waals surface area contributed by atoms with Crippen LogP contribution in [0.4, 0.5) is 4.79 Å². The lowest BCUT2D eigenvalue weighted by atomic mass is 10.0. The van der Waals surface area contributed by atoms with Gasteiger partial charge < -0.3 is 15.3 Å². The third kappa shape index (κ3) is 1.78. The number of urea groups is 1. The number of phenols is 1. The highest BCUT2D eigenvalue weighted by atomic mass is 16.3. The molecule has 7 nitrogen and oxygen atoms in total. The Morgan fingerprint density at radius 3 is 2.75 bits per heavy atom. The summed E-state index contributed by atoms with van der Waals surface area (Å²) in [5.74, 6) is -0.569. The number of hydrogen-bond acceptors (Lipinski definition) is 4. The molecule has 1 atom stereocenters. The van der Waals surface area contributed by atoms with Crippen LogP contribution in [-0.2, 0) is 11.3 Å². The first kappa shape index (κ1) is 12.5. The van der Waals surface area contributed by atoms with Crippen molar-refractivity contribution >= 4 is 17.8 Å². The fourth-order valence-corrected chi connectivity index (χ4v) is 2.57. The maximum atomic E-state index is 12.2. The largest absolute Gasteiger partial charge is 0.508 e. The van der Waals surface area contributed by atoms with Gasteiger partial charge in [0, 0.05) is 12.1 Å². The highest BCUT2D eigenvalue weighted by Crippen LogP contribution is 2.27. The molecule has 3 N–H and O–H groups in total. The van der Waals surface area contributed by atoms with Crippen LogP contribution in [-0.4, -0.2) is 39.9 Å². The van der Waals surface area contributed by atoms with E-state index in [1.165, 1.54) is 17.0 Å². The van der Waals surface area contributed by atoms with Gasteiger partial charge in [0.1, 0.15) is 11.3 Å². The van der Waals surface area contributed by atoms with Gasteiger partial charge in [-0.1, -0.05) is 0 Å². The molecule has 20 heavy (non-hydrogen) atoms. The van der Waals surface area contributed by atoms with E-state index in [9.17, 15) is 19.5 Å². The van der Waals surface area contributed by atoms with Gasteiger partial charge >= 0.3 is 6.03 Å². The first-order valence-electron chi connectivity index (χ1n) is 6.14. The molecule has 0 bridgehead atoms. The predicted octanol–water partition coefficient (Wildman–Crippen LogP) is -0.0539. The second-order valence-electron chi connectivity index (χ2n) is 5.24. The smallest absolute Gasteiger partial charge is 0.322 e. The zero-order valence-electron chi connectivity index (χ0n) is 10.8. The Bertz CT molecular complexity index is 643. The highest BCUT2D eigenvalue weighted by Gasteiger charge is 2.45. The Kier molecular flexibility index (Phi) is 2.47. The first-order chi connectivity index (χ1) is 9.39. The number of carbonyl (C=O) groups excluding carboxylic acids is 3. The minimum atomic E-state index is -1.13. The van der Waals surface area contributed by atoms with E-state index in [0.717, 1.165) is 0 Å². The molecular weight excluding hydrogens is 262 g/mol. The van der Waals surface area contributed by atoms with Crippen LogP contribution in [0.1, 0.15) is 22.8 Å². The molecule has 2 aliphatic rings. The van der Waals surface area contributed by atoms with E-state index < -0.39 is 17.5 Å². The zero-order chi connectivity index (χ0) is 14.5. The van der Waals surface area contributed by atoms with Gasteiger partial charge in [-0.05, 0) is 30.7 Å². The molecule has 104 valence electrons. The van der Waals surface area contributed by atoms with Crippen LogP contribution in [0.2, 0.25) is 0 Å². The molecule has 2 aliphatic heterocycles. The maximum Gasteiger partial charge on any atom is 0.322 e. The van der Waals surface area contributed by atoms with Crippen molar-refractivity contribution in [3.8, 4) is 5.75 Å². The van der Waals surface area contributed by atoms with E-state index >= 15 is 0 Å². The van der Waals surface area contributed by atoms with E-state index in [0.29, 0.717) is 17.7 Å². The van der Waals surface area contributed by atoms with Crippen LogP contribution in [0.5, 0.6) is 5.75 Å². The van der Waals surface area contributed by atoms with Gasteiger partial charge in [-0.2, -0.15) is 0 Å². The number of phenolic OH excluding ortho intramolecular Hbond substituents is 1. The van der Waals surface area contributed by atoms with Crippen LogP contribution in [0, 0.1) is 0 Å². The summed E-state index contributed by atoms with van der Waals surface area (Å²) in [4.78, 5) is 36.7. The normalized spacial score (nSPS) is 24.6. The number of rotatable bonds is 2. The molecule has 3 rings (SSSR count). The number of imide groups is 1. The van der Waals surface area contributed by atoms with Crippen molar-refractivity contribution in [2.24, 2.45) is 0 Å². The molecule has 4 amide bonds. The number of nitrogens with zero attached hydrogens (tertiary/aromatic N) is 1. The lowest BCUT2D eigenvalue weighted by molar-refractivity contribution is -0.123. The quantitative estimate of drug-likeness (QED) is 0.659. The monoisotopic (exact) mass is 275 g/mol. The second kappa shape index (κ2) is 3.96. The van der Waals surface area contributed by atoms with E-state index in [-0.39, 0.29) is 18.2 Å². The fourth-order valence-electron chi connectivity index (χ4n) is 2.57. The second-order valence-corrected chi connectivity index (χ2v) is 5.24. The summed E-state index contributed by atoms with van der Waals surface area (Å²) in [5, 5.41) is 14.1. The van der Waals surface area contributed by atoms with E-state index in [1.54, 1.807) is 13.0 Å². The zero-order valence-corrected chi connectivity index (χ0v) is 10.8. The molecule has 0 saturated carbocycles. The van der Waals surface area contributed by atoms with E-state index in [4.69, 9.17) is 0 Å². The summed E-state index contributed by atoms with van der Waals surface area (Å²) in [7, 11) is 0. The van der Waals surface area contributed by atoms with Crippen LogP contribution >= 0.6 is 0 Å². The SMILES string of the molecule is CC1(CN2Cc3cc(O)ccc3C2=O)NC(=O)NC1=O. The average Bonchev–Trinajstić information content (AvgIpc) is 2.77. The molecule has 2 heterocycles. The molecule has 0 radical (unpaired) electrons. The standard InChI is InChI=1S/C13H13N3O4/c1-13(11(19)14-12(20)15-13)6-16-5-7-4-8(17)2-3-9(7)10(16)18/h2-4,17H,5-6H2,1H3,(H2,14,15,19,20). The molecule has 0 spiro atoms. The van der Waals surface area contributed by atoms with Crippen LogP contribution in [0.15, 0.2) is 18.2 Å². The van der Waals surface area contributed by atoms with Gasteiger partial charge in [0.15, 0.2) is 0 Å². The molecule has 1 aromatic carbocycles. The van der Waals surface area contributed by atoms with Crippen LogP contribution < -0.4 is 10.6 Å². The number of aromatic hydroxyl groups is 1. The van der Waals surface area contributed by atoms with Gasteiger partial charge in [0.05, 0.1) is 6.54 Å². The van der Waals surface area contributed by atoms with Crippen molar-refractivity contribution in [3.63, 3.8) is 0 Å². The molecule has 0 aliphatic carbocycles. The predicted molar refractivity (Wildman–Crippen MR) is 67.9 cm³/mol. The Morgan fingerprint density at radius 1 is 1.35 bits per heavy atom. The molecule has 7 heteroatoms. The van der Waals surface area contributed by atoms with Crippen molar-refractivity contribution in [2.45, 2.75) is 19.0 Å². The Morgan fingerprint density at radius 2 is 2.10 bits per heavy atom. The summed E-state index contributed by atoms with van der Waals surface area (Å²) >= 11 is 0. The van der Waals surface area contributed by atoms with Crippen molar-refractivity contribution in [2.75, 3.05) is 6.54 Å². The highest BCUT2D eigenvalue weighted by molar-refractivity contribution is 6.07.